The highest BCUT2D eigenvalue weighted by molar-refractivity contribution is 7.98. The molecule has 0 saturated heterocycles. The van der Waals surface area contributed by atoms with Crippen molar-refractivity contribution >= 4 is 11.8 Å². The van der Waals surface area contributed by atoms with E-state index in [2.05, 4.69) is 18.5 Å². The first-order valence-corrected chi connectivity index (χ1v) is 8.26. The number of benzene rings is 1. The molecule has 2 unspecified atom stereocenters. The maximum Gasteiger partial charge on any atom is 0.161 e. The Bertz CT molecular complexity index is 376. The minimum atomic E-state index is -0.532. The van der Waals surface area contributed by atoms with Crippen LogP contribution in [0, 0.1) is 0 Å². The van der Waals surface area contributed by atoms with Gasteiger partial charge in [-0.15, -0.1) is 0 Å². The summed E-state index contributed by atoms with van der Waals surface area (Å²) < 4.78 is 10.8. The second-order valence-electron chi connectivity index (χ2n) is 4.58. The van der Waals surface area contributed by atoms with Crippen molar-refractivity contribution in [2.45, 2.75) is 25.5 Å². The Morgan fingerprint density at radius 3 is 2.60 bits per heavy atom. The van der Waals surface area contributed by atoms with Gasteiger partial charge in [0.1, 0.15) is 12.7 Å². The van der Waals surface area contributed by atoms with Gasteiger partial charge in [0.25, 0.3) is 0 Å². The van der Waals surface area contributed by atoms with Crippen molar-refractivity contribution in [1.82, 2.24) is 5.32 Å². The molecule has 0 aliphatic rings. The predicted molar refractivity (Wildman–Crippen MR) is 85.0 cm³/mol. The van der Waals surface area contributed by atoms with Gasteiger partial charge >= 0.3 is 0 Å². The molecule has 0 fully saturated rings. The highest BCUT2D eigenvalue weighted by Crippen LogP contribution is 2.25. The van der Waals surface area contributed by atoms with E-state index in [0.717, 1.165) is 12.2 Å². The van der Waals surface area contributed by atoms with E-state index in [1.165, 1.54) is 0 Å². The molecule has 5 heteroatoms. The van der Waals surface area contributed by atoms with Gasteiger partial charge in [0.15, 0.2) is 11.5 Å². The molecule has 0 aromatic heterocycles. The normalized spacial score (nSPS) is 13.8. The average Bonchev–Trinajstić information content (AvgIpc) is 2.49. The molecular formula is C15H25NO3S. The summed E-state index contributed by atoms with van der Waals surface area (Å²) in [7, 11) is 1.61. The van der Waals surface area contributed by atoms with Crippen LogP contribution in [0.2, 0.25) is 0 Å². The van der Waals surface area contributed by atoms with Crippen LogP contribution >= 0.6 is 11.8 Å². The number of hydrogen-bond donors (Lipinski definition) is 2. The zero-order valence-corrected chi connectivity index (χ0v) is 13.3. The fourth-order valence-electron chi connectivity index (χ4n) is 1.81. The zero-order chi connectivity index (χ0) is 14.8. The van der Waals surface area contributed by atoms with E-state index in [4.69, 9.17) is 9.47 Å². The van der Waals surface area contributed by atoms with Crippen molar-refractivity contribution in [2.75, 3.05) is 32.3 Å². The summed E-state index contributed by atoms with van der Waals surface area (Å²) >= 11 is 1.81. The van der Waals surface area contributed by atoms with Gasteiger partial charge in [-0.05, 0) is 24.8 Å². The van der Waals surface area contributed by atoms with Gasteiger partial charge in [0, 0.05) is 18.3 Å². The fraction of sp³-hybridized carbons (Fsp3) is 0.600. The summed E-state index contributed by atoms with van der Waals surface area (Å²) in [5.74, 6) is 2.39. The van der Waals surface area contributed by atoms with Crippen LogP contribution in [0.4, 0.5) is 0 Å². The molecule has 20 heavy (non-hydrogen) atoms. The summed E-state index contributed by atoms with van der Waals surface area (Å²) in [6.45, 7) is 2.93. The summed E-state index contributed by atoms with van der Waals surface area (Å²) in [5, 5.41) is 13.3. The molecule has 1 aromatic rings. The molecule has 4 nitrogen and oxygen atoms in total. The molecule has 2 atom stereocenters. The number of thioether (sulfide) groups is 1. The van der Waals surface area contributed by atoms with E-state index in [1.54, 1.807) is 7.11 Å². The largest absolute Gasteiger partial charge is 0.493 e. The van der Waals surface area contributed by atoms with E-state index in [9.17, 15) is 5.11 Å². The van der Waals surface area contributed by atoms with E-state index in [0.29, 0.717) is 24.1 Å². The molecule has 0 heterocycles. The van der Waals surface area contributed by atoms with E-state index in [-0.39, 0.29) is 6.61 Å². The number of aliphatic hydroxyl groups excluding tert-OH is 1. The molecule has 2 N–H and O–H groups in total. The van der Waals surface area contributed by atoms with Crippen molar-refractivity contribution in [3.8, 4) is 11.5 Å². The third-order valence-corrected chi connectivity index (χ3v) is 3.74. The minimum Gasteiger partial charge on any atom is -0.493 e. The van der Waals surface area contributed by atoms with Crippen molar-refractivity contribution < 1.29 is 14.6 Å². The van der Waals surface area contributed by atoms with Crippen LogP contribution in [0.15, 0.2) is 24.3 Å². The van der Waals surface area contributed by atoms with E-state index in [1.807, 2.05) is 36.0 Å². The number of methoxy groups -OCH3 is 1. The maximum absolute atomic E-state index is 9.95. The summed E-state index contributed by atoms with van der Waals surface area (Å²) in [5.41, 5.74) is 0. The van der Waals surface area contributed by atoms with Gasteiger partial charge in [0.05, 0.1) is 7.11 Å². The number of nitrogens with one attached hydrogen (secondary N) is 1. The lowest BCUT2D eigenvalue weighted by Crippen LogP contribution is -2.39. The number of aliphatic hydroxyl groups is 1. The maximum atomic E-state index is 9.95. The molecule has 0 radical (unpaired) electrons. The van der Waals surface area contributed by atoms with Gasteiger partial charge in [-0.25, -0.2) is 0 Å². The Morgan fingerprint density at radius 1 is 1.30 bits per heavy atom. The molecule has 0 aliphatic carbocycles. The van der Waals surface area contributed by atoms with Crippen LogP contribution < -0.4 is 14.8 Å². The number of rotatable bonds is 10. The highest BCUT2D eigenvalue weighted by Gasteiger charge is 2.11. The summed E-state index contributed by atoms with van der Waals surface area (Å²) in [4.78, 5) is 0. The quantitative estimate of drug-likeness (QED) is 0.693. The van der Waals surface area contributed by atoms with Gasteiger partial charge < -0.3 is 19.9 Å². The average molecular weight is 299 g/mol. The molecule has 0 saturated carbocycles. The molecule has 0 bridgehead atoms. The standard InChI is InChI=1S/C15H25NO3S/c1-4-12(11-20-3)16-9-13(17)10-19-15-8-6-5-7-14(15)18-2/h5-8,12-13,16-17H,4,9-11H2,1-3H3. The SMILES string of the molecule is CCC(CSC)NCC(O)COc1ccccc1OC. The molecule has 0 spiro atoms. The monoisotopic (exact) mass is 299 g/mol. The third kappa shape index (κ3) is 6.03. The van der Waals surface area contributed by atoms with Crippen LogP contribution in [0.25, 0.3) is 0 Å². The number of ether oxygens (including phenoxy) is 2. The van der Waals surface area contributed by atoms with Crippen LogP contribution in [0.1, 0.15) is 13.3 Å². The van der Waals surface area contributed by atoms with Gasteiger partial charge in [-0.3, -0.25) is 0 Å². The Labute approximate surface area is 125 Å². The van der Waals surface area contributed by atoms with Gasteiger partial charge in [-0.1, -0.05) is 19.1 Å². The fourth-order valence-corrected chi connectivity index (χ4v) is 2.56. The van der Waals surface area contributed by atoms with Crippen molar-refractivity contribution in [2.24, 2.45) is 0 Å². The van der Waals surface area contributed by atoms with E-state index < -0.39 is 6.10 Å². The lowest BCUT2D eigenvalue weighted by atomic mass is 10.2. The summed E-state index contributed by atoms with van der Waals surface area (Å²) in [6, 6.07) is 7.88. The second kappa shape index (κ2) is 9.91. The predicted octanol–water partition coefficient (Wildman–Crippen LogP) is 2.17. The van der Waals surface area contributed by atoms with Crippen LogP contribution in [0.3, 0.4) is 0 Å². The Kier molecular flexibility index (Phi) is 8.49. The lowest BCUT2D eigenvalue weighted by molar-refractivity contribution is 0.102. The van der Waals surface area contributed by atoms with Crippen LogP contribution in [-0.4, -0.2) is 49.5 Å². The summed E-state index contributed by atoms with van der Waals surface area (Å²) in [6.07, 6.45) is 2.61. The first kappa shape index (κ1) is 17.1. The zero-order valence-electron chi connectivity index (χ0n) is 12.5. The van der Waals surface area contributed by atoms with Crippen molar-refractivity contribution in [1.29, 1.82) is 0 Å². The molecule has 0 aliphatic heterocycles. The van der Waals surface area contributed by atoms with Crippen molar-refractivity contribution in [3.63, 3.8) is 0 Å². The van der Waals surface area contributed by atoms with Gasteiger partial charge in [0.2, 0.25) is 0 Å². The Morgan fingerprint density at radius 2 is 2.00 bits per heavy atom. The van der Waals surface area contributed by atoms with Crippen LogP contribution in [-0.2, 0) is 0 Å². The first-order chi connectivity index (χ1) is 9.71. The molecule has 1 aromatic carbocycles. The molecule has 1 rings (SSSR count). The Hall–Kier alpha value is -0.910. The van der Waals surface area contributed by atoms with Crippen molar-refractivity contribution in [3.05, 3.63) is 24.3 Å². The minimum absolute atomic E-state index is 0.253. The lowest BCUT2D eigenvalue weighted by Gasteiger charge is -2.19. The molecule has 0 amide bonds. The first-order valence-electron chi connectivity index (χ1n) is 6.87. The van der Waals surface area contributed by atoms with E-state index >= 15 is 0 Å². The van der Waals surface area contributed by atoms with Gasteiger partial charge in [-0.2, -0.15) is 11.8 Å². The van der Waals surface area contributed by atoms with Crippen LogP contribution in [0.5, 0.6) is 11.5 Å². The third-order valence-electron chi connectivity index (χ3n) is 3.00. The topological polar surface area (TPSA) is 50.7 Å². The Balaban J connectivity index is 2.33. The molecular weight excluding hydrogens is 274 g/mol. The second-order valence-corrected chi connectivity index (χ2v) is 5.50. The number of para-hydroxylation sites is 2. The number of hydrogen-bond acceptors (Lipinski definition) is 5. The smallest absolute Gasteiger partial charge is 0.161 e. The molecule has 114 valence electrons. The highest BCUT2D eigenvalue weighted by atomic mass is 32.2.